The zero-order valence-corrected chi connectivity index (χ0v) is 13.6. The van der Waals surface area contributed by atoms with Crippen LogP contribution >= 0.6 is 38.9 Å². The van der Waals surface area contributed by atoms with Gasteiger partial charge in [0.1, 0.15) is 0 Å². The summed E-state index contributed by atoms with van der Waals surface area (Å²) >= 11 is 11.0. The van der Waals surface area contributed by atoms with Crippen LogP contribution in [0.2, 0.25) is 0 Å². The van der Waals surface area contributed by atoms with Gasteiger partial charge in [-0.15, -0.1) is 22.9 Å². The summed E-state index contributed by atoms with van der Waals surface area (Å²) < 4.78 is 1.03. The minimum absolute atomic E-state index is 0.0187. The highest BCUT2D eigenvalue weighted by Crippen LogP contribution is 2.38. The second-order valence-electron chi connectivity index (χ2n) is 5.09. The first kappa shape index (κ1) is 14.4. The van der Waals surface area contributed by atoms with Crippen molar-refractivity contribution < 1.29 is 4.79 Å². The third kappa shape index (κ3) is 3.09. The van der Waals surface area contributed by atoms with E-state index in [9.17, 15) is 4.79 Å². The summed E-state index contributed by atoms with van der Waals surface area (Å²) in [5.41, 5.74) is 1.24. The van der Waals surface area contributed by atoms with Gasteiger partial charge in [-0.25, -0.2) is 0 Å². The lowest BCUT2D eigenvalue weighted by molar-refractivity contribution is 0.0939. The van der Waals surface area contributed by atoms with Crippen LogP contribution in [0, 0.1) is 12.3 Å². The number of amides is 1. The summed E-state index contributed by atoms with van der Waals surface area (Å²) in [5.74, 6) is 0.658. The van der Waals surface area contributed by atoms with Crippen molar-refractivity contribution in [1.82, 2.24) is 5.32 Å². The van der Waals surface area contributed by atoms with Crippen molar-refractivity contribution in [2.75, 3.05) is 12.4 Å². The monoisotopic (exact) mass is 349 g/mol. The molecule has 5 heteroatoms. The number of hydrogen-bond acceptors (Lipinski definition) is 2. The summed E-state index contributed by atoms with van der Waals surface area (Å²) in [7, 11) is 0. The highest BCUT2D eigenvalue weighted by atomic mass is 79.9. The third-order valence-electron chi connectivity index (χ3n) is 3.65. The van der Waals surface area contributed by atoms with Gasteiger partial charge in [0.2, 0.25) is 0 Å². The molecule has 0 unspecified atom stereocenters. The molecule has 2 nitrogen and oxygen atoms in total. The van der Waals surface area contributed by atoms with E-state index in [0.29, 0.717) is 12.4 Å². The van der Waals surface area contributed by atoms with Crippen LogP contribution in [0.25, 0.3) is 0 Å². The van der Waals surface area contributed by atoms with Gasteiger partial charge in [-0.2, -0.15) is 0 Å². The van der Waals surface area contributed by atoms with Gasteiger partial charge in [0.05, 0.1) is 8.66 Å². The van der Waals surface area contributed by atoms with Crippen LogP contribution in [-0.4, -0.2) is 18.3 Å². The first-order chi connectivity index (χ1) is 8.56. The summed E-state index contributed by atoms with van der Waals surface area (Å²) in [6.07, 6.45) is 4.71. The van der Waals surface area contributed by atoms with E-state index in [2.05, 4.69) is 21.2 Å². The molecule has 0 saturated heterocycles. The minimum atomic E-state index is 0.0187. The topological polar surface area (TPSA) is 29.1 Å². The maximum atomic E-state index is 12.1. The third-order valence-corrected chi connectivity index (χ3v) is 6.35. The first-order valence-electron chi connectivity index (χ1n) is 6.16. The summed E-state index contributed by atoms with van der Waals surface area (Å²) in [5, 5.41) is 3.04. The number of carbonyl (C=O) groups is 1. The van der Waals surface area contributed by atoms with E-state index in [4.69, 9.17) is 11.6 Å². The quantitative estimate of drug-likeness (QED) is 0.804. The molecule has 1 aromatic rings. The Labute approximate surface area is 125 Å². The van der Waals surface area contributed by atoms with Gasteiger partial charge in [0.15, 0.2) is 0 Å². The Bertz CT molecular complexity index is 421. The van der Waals surface area contributed by atoms with Gasteiger partial charge in [0, 0.05) is 17.8 Å². The molecule has 1 aliphatic rings. The number of halogens is 2. The zero-order chi connectivity index (χ0) is 13.2. The van der Waals surface area contributed by atoms with E-state index in [1.807, 2.05) is 13.0 Å². The summed E-state index contributed by atoms with van der Waals surface area (Å²) in [4.78, 5) is 12.8. The van der Waals surface area contributed by atoms with E-state index >= 15 is 0 Å². The fourth-order valence-electron chi connectivity index (χ4n) is 2.41. The number of aryl methyl sites for hydroxylation is 1. The van der Waals surface area contributed by atoms with Crippen molar-refractivity contribution in [3.8, 4) is 0 Å². The average Bonchev–Trinajstić information content (AvgIpc) is 2.95. The Morgan fingerprint density at radius 1 is 1.56 bits per heavy atom. The van der Waals surface area contributed by atoms with Crippen molar-refractivity contribution in [3.63, 3.8) is 0 Å². The van der Waals surface area contributed by atoms with Crippen LogP contribution in [0.5, 0.6) is 0 Å². The van der Waals surface area contributed by atoms with Crippen molar-refractivity contribution in [1.29, 1.82) is 0 Å². The number of carbonyl (C=O) groups excluding carboxylic acids is 1. The predicted molar refractivity (Wildman–Crippen MR) is 80.7 cm³/mol. The van der Waals surface area contributed by atoms with Crippen molar-refractivity contribution in [2.24, 2.45) is 5.41 Å². The molecule has 0 spiro atoms. The molecule has 1 N–H and O–H groups in total. The number of rotatable bonds is 4. The van der Waals surface area contributed by atoms with E-state index in [0.717, 1.165) is 27.1 Å². The van der Waals surface area contributed by atoms with Gasteiger partial charge in [0.25, 0.3) is 5.91 Å². The average molecular weight is 351 g/mol. The Morgan fingerprint density at radius 3 is 2.72 bits per heavy atom. The predicted octanol–water partition coefficient (Wildman–Crippen LogP) is 4.35. The van der Waals surface area contributed by atoms with Crippen LogP contribution < -0.4 is 5.32 Å². The second kappa shape index (κ2) is 5.93. The van der Waals surface area contributed by atoms with E-state index in [1.54, 1.807) is 0 Å². The number of thiophene rings is 1. The molecule has 2 rings (SSSR count). The molecule has 0 aliphatic heterocycles. The van der Waals surface area contributed by atoms with Crippen molar-refractivity contribution >= 4 is 44.8 Å². The Balaban J connectivity index is 1.95. The minimum Gasteiger partial charge on any atom is -0.351 e. The molecule has 1 amide bonds. The maximum Gasteiger partial charge on any atom is 0.261 e. The van der Waals surface area contributed by atoms with E-state index < -0.39 is 0 Å². The van der Waals surface area contributed by atoms with Crippen molar-refractivity contribution in [2.45, 2.75) is 32.6 Å². The van der Waals surface area contributed by atoms with Gasteiger partial charge < -0.3 is 5.32 Å². The van der Waals surface area contributed by atoms with Gasteiger partial charge >= 0.3 is 0 Å². The van der Waals surface area contributed by atoms with Crippen LogP contribution in [0.1, 0.15) is 40.9 Å². The summed E-state index contributed by atoms with van der Waals surface area (Å²) in [6, 6.07) is 1.92. The van der Waals surface area contributed by atoms with Crippen LogP contribution in [0.4, 0.5) is 0 Å². The lowest BCUT2D eigenvalue weighted by Crippen LogP contribution is -2.36. The maximum absolute atomic E-state index is 12.1. The molecule has 0 atom stereocenters. The molecule has 0 radical (unpaired) electrons. The van der Waals surface area contributed by atoms with Crippen LogP contribution in [-0.2, 0) is 0 Å². The Hall–Kier alpha value is -0.0600. The Morgan fingerprint density at radius 2 is 2.22 bits per heavy atom. The standard InChI is InChI=1S/C13H17BrClNOS/c1-9-6-10(18-11(9)14)12(17)16-8-13(7-15)4-2-3-5-13/h6H,2-5,7-8H2,1H3,(H,16,17). The smallest absolute Gasteiger partial charge is 0.261 e. The molecule has 0 bridgehead atoms. The zero-order valence-electron chi connectivity index (χ0n) is 10.4. The highest BCUT2D eigenvalue weighted by molar-refractivity contribution is 9.11. The molecule has 0 aromatic carbocycles. The largest absolute Gasteiger partial charge is 0.351 e. The molecule has 1 heterocycles. The fourth-order valence-corrected chi connectivity index (χ4v) is 4.22. The highest BCUT2D eigenvalue weighted by Gasteiger charge is 2.33. The summed E-state index contributed by atoms with van der Waals surface area (Å²) in [6.45, 7) is 2.69. The number of nitrogens with one attached hydrogen (secondary N) is 1. The molecule has 18 heavy (non-hydrogen) atoms. The second-order valence-corrected chi connectivity index (χ2v) is 7.73. The lowest BCUT2D eigenvalue weighted by Gasteiger charge is -2.26. The number of hydrogen-bond donors (Lipinski definition) is 1. The molecule has 1 saturated carbocycles. The molecule has 1 aromatic heterocycles. The van der Waals surface area contributed by atoms with Crippen LogP contribution in [0.3, 0.4) is 0 Å². The van der Waals surface area contributed by atoms with E-state index in [1.165, 1.54) is 24.2 Å². The Kier molecular flexibility index (Phi) is 4.73. The van der Waals surface area contributed by atoms with Crippen molar-refractivity contribution in [3.05, 3.63) is 20.3 Å². The van der Waals surface area contributed by atoms with E-state index in [-0.39, 0.29) is 11.3 Å². The first-order valence-corrected chi connectivity index (χ1v) is 8.31. The molecule has 1 fully saturated rings. The number of alkyl halides is 1. The lowest BCUT2D eigenvalue weighted by atomic mass is 9.88. The van der Waals surface area contributed by atoms with Gasteiger partial charge in [-0.1, -0.05) is 12.8 Å². The van der Waals surface area contributed by atoms with Gasteiger partial charge in [-0.3, -0.25) is 4.79 Å². The molecule has 100 valence electrons. The normalized spacial score (nSPS) is 17.9. The molecular weight excluding hydrogens is 334 g/mol. The molecular formula is C13H17BrClNOS. The fraction of sp³-hybridized carbons (Fsp3) is 0.615. The van der Waals surface area contributed by atoms with Gasteiger partial charge in [-0.05, 0) is 47.3 Å². The van der Waals surface area contributed by atoms with Crippen LogP contribution in [0.15, 0.2) is 9.85 Å². The molecule has 1 aliphatic carbocycles. The SMILES string of the molecule is Cc1cc(C(=O)NCC2(CCl)CCCC2)sc1Br.